The van der Waals surface area contributed by atoms with Gasteiger partial charge in [-0.1, -0.05) is 6.92 Å². The fourth-order valence-electron chi connectivity index (χ4n) is 3.11. The van der Waals surface area contributed by atoms with Crippen molar-refractivity contribution >= 4 is 11.7 Å². The highest BCUT2D eigenvalue weighted by Gasteiger charge is 2.25. The summed E-state index contributed by atoms with van der Waals surface area (Å²) in [6, 6.07) is -0.0161. The molecule has 8 heteroatoms. The Bertz CT molecular complexity index is 781. The molecule has 24 heavy (non-hydrogen) atoms. The van der Waals surface area contributed by atoms with Crippen LogP contribution in [0.4, 0.5) is 5.82 Å². The van der Waals surface area contributed by atoms with Crippen LogP contribution in [-0.2, 0) is 13.5 Å². The maximum Gasteiger partial charge on any atom is 0.290 e. The number of carbonyl (C=O) groups excluding carboxylic acids is 1. The van der Waals surface area contributed by atoms with Crippen LogP contribution in [0.1, 0.15) is 35.8 Å². The van der Waals surface area contributed by atoms with E-state index in [0.29, 0.717) is 24.3 Å². The lowest BCUT2D eigenvalue weighted by Crippen LogP contribution is -2.49. The third-order valence-corrected chi connectivity index (χ3v) is 4.23. The molecule has 1 atom stereocenters. The van der Waals surface area contributed by atoms with Crippen molar-refractivity contribution in [1.82, 2.24) is 25.1 Å². The second-order valence-corrected chi connectivity index (χ2v) is 6.02. The summed E-state index contributed by atoms with van der Waals surface area (Å²) in [5.41, 5.74) is 1.21. The molecule has 3 rings (SSSR count). The third kappa shape index (κ3) is 3.32. The Morgan fingerprint density at radius 1 is 1.50 bits per heavy atom. The molecule has 8 nitrogen and oxygen atoms in total. The number of rotatable bonds is 4. The van der Waals surface area contributed by atoms with Gasteiger partial charge in [0.05, 0.1) is 11.3 Å². The van der Waals surface area contributed by atoms with Crippen LogP contribution in [0.3, 0.4) is 0 Å². The minimum atomic E-state index is -0.204. The molecular weight excluding hydrogens is 308 g/mol. The van der Waals surface area contributed by atoms with E-state index in [4.69, 9.17) is 0 Å². The van der Waals surface area contributed by atoms with E-state index in [1.807, 2.05) is 18.9 Å². The smallest absolute Gasteiger partial charge is 0.290 e. The molecule has 2 aromatic heterocycles. The first-order valence-corrected chi connectivity index (χ1v) is 8.20. The Labute approximate surface area is 139 Å². The van der Waals surface area contributed by atoms with Gasteiger partial charge in [-0.05, 0) is 19.3 Å². The van der Waals surface area contributed by atoms with Crippen LogP contribution < -0.4 is 15.8 Å². The highest BCUT2D eigenvalue weighted by atomic mass is 16.2. The zero-order chi connectivity index (χ0) is 17.1. The number of aryl methyl sites for hydroxylation is 2. The van der Waals surface area contributed by atoms with Gasteiger partial charge < -0.3 is 15.2 Å². The maximum absolute atomic E-state index is 12.5. The minimum absolute atomic E-state index is 0.0161. The Kier molecular flexibility index (Phi) is 4.64. The van der Waals surface area contributed by atoms with Crippen molar-refractivity contribution in [2.75, 3.05) is 18.0 Å². The van der Waals surface area contributed by atoms with Crippen LogP contribution in [0.25, 0.3) is 0 Å². The van der Waals surface area contributed by atoms with Crippen LogP contribution in [0.5, 0.6) is 0 Å². The molecule has 2 N–H and O–H groups in total. The summed E-state index contributed by atoms with van der Waals surface area (Å²) in [5.74, 6) is 0.300. The summed E-state index contributed by atoms with van der Waals surface area (Å²) in [7, 11) is 1.81. The largest absolute Gasteiger partial charge is 0.350 e. The molecule has 0 unspecified atom stereocenters. The second kappa shape index (κ2) is 6.86. The molecule has 0 radical (unpaired) electrons. The number of amides is 1. The van der Waals surface area contributed by atoms with Crippen molar-refractivity contribution in [3.8, 4) is 0 Å². The first kappa shape index (κ1) is 16.2. The highest BCUT2D eigenvalue weighted by molar-refractivity contribution is 5.95. The quantitative estimate of drug-likeness (QED) is 0.849. The first-order valence-electron chi connectivity index (χ1n) is 8.20. The number of anilines is 1. The molecule has 0 aliphatic carbocycles. The molecule has 1 aliphatic rings. The lowest BCUT2D eigenvalue weighted by atomic mass is 10.0. The summed E-state index contributed by atoms with van der Waals surface area (Å²) in [6.07, 6.45) is 7.33. The number of H-pyrrole nitrogens is 1. The maximum atomic E-state index is 12.5. The van der Waals surface area contributed by atoms with Gasteiger partial charge in [-0.3, -0.25) is 14.3 Å². The Hall–Kier alpha value is -2.64. The Morgan fingerprint density at radius 3 is 3.08 bits per heavy atom. The number of aromatic nitrogens is 4. The lowest BCUT2D eigenvalue weighted by molar-refractivity contribution is 0.0932. The van der Waals surface area contributed by atoms with Crippen molar-refractivity contribution in [2.45, 2.75) is 32.2 Å². The molecular formula is C16H22N6O2. The molecule has 1 amide bonds. The summed E-state index contributed by atoms with van der Waals surface area (Å²) in [5, 5.41) is 7.38. The van der Waals surface area contributed by atoms with Crippen molar-refractivity contribution in [1.29, 1.82) is 0 Å². The van der Waals surface area contributed by atoms with Crippen LogP contribution in [-0.4, -0.2) is 44.8 Å². The van der Waals surface area contributed by atoms with E-state index in [2.05, 4.69) is 20.4 Å². The zero-order valence-electron chi connectivity index (χ0n) is 14.0. The average molecular weight is 330 g/mol. The van der Waals surface area contributed by atoms with E-state index in [9.17, 15) is 9.59 Å². The molecule has 0 aromatic carbocycles. The van der Waals surface area contributed by atoms with Crippen LogP contribution in [0, 0.1) is 0 Å². The fraction of sp³-hybridized carbons (Fsp3) is 0.500. The molecule has 0 spiro atoms. The van der Waals surface area contributed by atoms with Crippen molar-refractivity contribution < 1.29 is 4.79 Å². The number of nitrogens with zero attached hydrogens (tertiary/aromatic N) is 4. The topological polar surface area (TPSA) is 95.9 Å². The molecule has 3 heterocycles. The van der Waals surface area contributed by atoms with Gasteiger partial charge in [0.1, 0.15) is 0 Å². The van der Waals surface area contributed by atoms with Crippen LogP contribution in [0.2, 0.25) is 0 Å². The predicted molar refractivity (Wildman–Crippen MR) is 90.1 cm³/mol. The molecule has 128 valence electrons. The Balaban J connectivity index is 1.70. The highest BCUT2D eigenvalue weighted by Crippen LogP contribution is 2.15. The molecule has 0 saturated carbocycles. The van der Waals surface area contributed by atoms with Crippen molar-refractivity contribution in [3.63, 3.8) is 0 Å². The van der Waals surface area contributed by atoms with Gasteiger partial charge in [-0.2, -0.15) is 5.10 Å². The number of hydrogen-bond donors (Lipinski definition) is 2. The van der Waals surface area contributed by atoms with Gasteiger partial charge in [-0.25, -0.2) is 4.98 Å². The van der Waals surface area contributed by atoms with Gasteiger partial charge in [0.25, 0.3) is 11.5 Å². The van der Waals surface area contributed by atoms with Crippen LogP contribution >= 0.6 is 0 Å². The van der Waals surface area contributed by atoms with Gasteiger partial charge in [0.2, 0.25) is 0 Å². The Morgan fingerprint density at radius 2 is 2.33 bits per heavy atom. The van der Waals surface area contributed by atoms with E-state index >= 15 is 0 Å². The van der Waals surface area contributed by atoms with Gasteiger partial charge in [-0.15, -0.1) is 0 Å². The van der Waals surface area contributed by atoms with Crippen LogP contribution in [0.15, 0.2) is 23.4 Å². The number of nitrogens with one attached hydrogen (secondary N) is 2. The lowest BCUT2D eigenvalue weighted by Gasteiger charge is -2.33. The van der Waals surface area contributed by atoms with Gasteiger partial charge in [0, 0.05) is 44.8 Å². The van der Waals surface area contributed by atoms with Crippen molar-refractivity contribution in [3.05, 3.63) is 40.2 Å². The molecule has 2 aromatic rings. The zero-order valence-corrected chi connectivity index (χ0v) is 14.0. The number of carbonyl (C=O) groups is 1. The van der Waals surface area contributed by atoms with Gasteiger partial charge >= 0.3 is 0 Å². The van der Waals surface area contributed by atoms with E-state index in [1.54, 1.807) is 17.1 Å². The number of hydrogen-bond acceptors (Lipinski definition) is 5. The monoisotopic (exact) mass is 330 g/mol. The van der Waals surface area contributed by atoms with Gasteiger partial charge in [0.15, 0.2) is 5.82 Å². The third-order valence-electron chi connectivity index (χ3n) is 4.23. The normalized spacial score (nSPS) is 17.8. The molecule has 0 bridgehead atoms. The van der Waals surface area contributed by atoms with E-state index < -0.39 is 0 Å². The SMILES string of the molecule is CCc1nn(C)cc1C(=O)N[C@@H]1CCCN(c2ncc[nH]c2=O)C1. The van der Waals surface area contributed by atoms with E-state index in [1.165, 1.54) is 6.20 Å². The molecule has 1 saturated heterocycles. The first-order chi connectivity index (χ1) is 11.6. The minimum Gasteiger partial charge on any atom is -0.350 e. The number of piperidine rings is 1. The summed E-state index contributed by atoms with van der Waals surface area (Å²) in [6.45, 7) is 3.32. The molecule has 1 aliphatic heterocycles. The standard InChI is InChI=1S/C16H22N6O2/c1-3-13-12(10-21(2)20-13)15(23)19-11-5-4-8-22(9-11)14-16(24)18-7-6-17-14/h6-7,10-11H,3-5,8-9H2,1-2H3,(H,18,24)(H,19,23)/t11-/m1/s1. The summed E-state index contributed by atoms with van der Waals surface area (Å²) in [4.78, 5) is 33.2. The fourth-order valence-corrected chi connectivity index (χ4v) is 3.11. The van der Waals surface area contributed by atoms with E-state index in [-0.39, 0.29) is 17.5 Å². The summed E-state index contributed by atoms with van der Waals surface area (Å²) >= 11 is 0. The number of aromatic amines is 1. The molecule has 1 fully saturated rings. The van der Waals surface area contributed by atoms with Crippen molar-refractivity contribution in [2.24, 2.45) is 7.05 Å². The van der Waals surface area contributed by atoms with E-state index in [0.717, 1.165) is 25.1 Å². The average Bonchev–Trinajstić information content (AvgIpc) is 2.97. The predicted octanol–water partition coefficient (Wildman–Crippen LogP) is 0.465. The summed E-state index contributed by atoms with van der Waals surface area (Å²) < 4.78 is 1.66. The second-order valence-electron chi connectivity index (χ2n) is 6.02.